The molecule has 2 heterocycles. The molecule has 2 unspecified atom stereocenters. The summed E-state index contributed by atoms with van der Waals surface area (Å²) in [6.45, 7) is 7.33. The zero-order valence-corrected chi connectivity index (χ0v) is 15.0. The fourth-order valence-corrected chi connectivity index (χ4v) is 3.99. The van der Waals surface area contributed by atoms with Crippen LogP contribution in [-0.2, 0) is 0 Å². The van der Waals surface area contributed by atoms with E-state index in [4.69, 9.17) is 23.2 Å². The van der Waals surface area contributed by atoms with Crippen molar-refractivity contribution in [1.82, 2.24) is 25.8 Å². The van der Waals surface area contributed by atoms with Crippen LogP contribution >= 0.6 is 23.2 Å². The Labute approximate surface area is 148 Å². The Balaban J connectivity index is 1.53. The predicted molar refractivity (Wildman–Crippen MR) is 96.1 cm³/mol. The largest absolute Gasteiger partial charge is 0.314 e. The molecule has 2 aliphatic heterocycles. The van der Waals surface area contributed by atoms with Crippen LogP contribution in [0.15, 0.2) is 18.2 Å². The van der Waals surface area contributed by atoms with Crippen molar-refractivity contribution in [3.63, 3.8) is 0 Å². The van der Waals surface area contributed by atoms with Gasteiger partial charge in [-0.2, -0.15) is 0 Å². The summed E-state index contributed by atoms with van der Waals surface area (Å²) in [5.74, 6) is 0. The van der Waals surface area contributed by atoms with Crippen LogP contribution in [0.25, 0.3) is 0 Å². The fraction of sp³-hybridized carbons (Fsp3) is 0.625. The molecule has 2 saturated heterocycles. The maximum atomic E-state index is 6.36. The normalized spacial score (nSPS) is 26.7. The zero-order chi connectivity index (χ0) is 16.2. The van der Waals surface area contributed by atoms with Gasteiger partial charge in [-0.1, -0.05) is 29.3 Å². The van der Waals surface area contributed by atoms with Gasteiger partial charge in [-0.3, -0.25) is 20.4 Å². The highest BCUT2D eigenvalue weighted by atomic mass is 35.5. The van der Waals surface area contributed by atoms with E-state index in [0.29, 0.717) is 0 Å². The van der Waals surface area contributed by atoms with Crippen molar-refractivity contribution in [2.24, 2.45) is 0 Å². The van der Waals surface area contributed by atoms with Crippen molar-refractivity contribution < 1.29 is 0 Å². The molecule has 23 heavy (non-hydrogen) atoms. The molecule has 1 aromatic carbocycles. The molecule has 0 saturated carbocycles. The van der Waals surface area contributed by atoms with Gasteiger partial charge < -0.3 is 5.32 Å². The van der Waals surface area contributed by atoms with Gasteiger partial charge in [0, 0.05) is 61.4 Å². The lowest BCUT2D eigenvalue weighted by Gasteiger charge is -2.30. The SMILES string of the molecule is CN1C(NCCN2CCNCC2)NCC1c1c(Cl)cccc1Cl. The summed E-state index contributed by atoms with van der Waals surface area (Å²) in [5, 5.41) is 11.9. The third-order valence-corrected chi connectivity index (χ3v) is 5.37. The molecule has 3 N–H and O–H groups in total. The average molecular weight is 358 g/mol. The minimum Gasteiger partial charge on any atom is -0.314 e. The number of piperazine rings is 1. The molecular formula is C16H25Cl2N5. The Morgan fingerprint density at radius 1 is 1.22 bits per heavy atom. The number of halogens is 2. The van der Waals surface area contributed by atoms with Gasteiger partial charge in [0.05, 0.1) is 6.04 Å². The average Bonchev–Trinajstić information content (AvgIpc) is 2.90. The molecule has 0 aliphatic carbocycles. The minimum absolute atomic E-state index is 0.148. The highest BCUT2D eigenvalue weighted by molar-refractivity contribution is 6.36. The van der Waals surface area contributed by atoms with Crippen molar-refractivity contribution in [1.29, 1.82) is 0 Å². The van der Waals surface area contributed by atoms with Crippen LogP contribution in [0.3, 0.4) is 0 Å². The van der Waals surface area contributed by atoms with Crippen molar-refractivity contribution in [3.8, 4) is 0 Å². The zero-order valence-electron chi connectivity index (χ0n) is 13.5. The van der Waals surface area contributed by atoms with Gasteiger partial charge in [0.2, 0.25) is 0 Å². The Kier molecular flexibility index (Phi) is 6.15. The van der Waals surface area contributed by atoms with Crippen molar-refractivity contribution >= 4 is 23.2 Å². The number of hydrogen-bond acceptors (Lipinski definition) is 5. The monoisotopic (exact) mass is 357 g/mol. The van der Waals surface area contributed by atoms with E-state index < -0.39 is 0 Å². The van der Waals surface area contributed by atoms with E-state index in [-0.39, 0.29) is 12.3 Å². The van der Waals surface area contributed by atoms with Crippen LogP contribution in [0, 0.1) is 0 Å². The van der Waals surface area contributed by atoms with E-state index in [1.807, 2.05) is 18.2 Å². The van der Waals surface area contributed by atoms with E-state index in [9.17, 15) is 0 Å². The second kappa shape index (κ2) is 8.12. The number of likely N-dealkylation sites (N-methyl/N-ethyl adjacent to an activating group) is 1. The maximum Gasteiger partial charge on any atom is 0.114 e. The first-order valence-corrected chi connectivity index (χ1v) is 8.98. The number of rotatable bonds is 5. The van der Waals surface area contributed by atoms with Crippen LogP contribution in [0.4, 0.5) is 0 Å². The van der Waals surface area contributed by atoms with Crippen molar-refractivity contribution in [3.05, 3.63) is 33.8 Å². The number of hydrogen-bond donors (Lipinski definition) is 3. The fourth-order valence-electron chi connectivity index (χ4n) is 3.34. The lowest BCUT2D eigenvalue weighted by atomic mass is 10.1. The van der Waals surface area contributed by atoms with Gasteiger partial charge in [0.15, 0.2) is 0 Å². The molecule has 3 rings (SSSR count). The van der Waals surface area contributed by atoms with Gasteiger partial charge in [0.25, 0.3) is 0 Å². The van der Waals surface area contributed by atoms with Gasteiger partial charge in [-0.05, 0) is 19.2 Å². The number of nitrogens with one attached hydrogen (secondary N) is 3. The highest BCUT2D eigenvalue weighted by Crippen LogP contribution is 2.35. The second-order valence-electron chi connectivity index (χ2n) is 6.17. The Morgan fingerprint density at radius 2 is 1.91 bits per heavy atom. The molecule has 128 valence electrons. The molecule has 2 fully saturated rings. The standard InChI is InChI=1S/C16H25Cl2N5/c1-22-14(15-12(17)3-2-4-13(15)18)11-21-16(22)20-7-10-23-8-5-19-6-9-23/h2-4,14,16,19-21H,5-11H2,1H3. The number of nitrogens with zero attached hydrogens (tertiary/aromatic N) is 2. The first kappa shape index (κ1) is 17.4. The Bertz CT molecular complexity index is 501. The van der Waals surface area contributed by atoms with Gasteiger partial charge in [-0.15, -0.1) is 0 Å². The van der Waals surface area contributed by atoms with Crippen LogP contribution in [0.5, 0.6) is 0 Å². The second-order valence-corrected chi connectivity index (χ2v) is 6.99. The molecule has 7 heteroatoms. The van der Waals surface area contributed by atoms with E-state index in [2.05, 4.69) is 32.8 Å². The molecule has 0 aromatic heterocycles. The molecule has 0 spiro atoms. The highest BCUT2D eigenvalue weighted by Gasteiger charge is 2.33. The maximum absolute atomic E-state index is 6.36. The molecular weight excluding hydrogens is 333 g/mol. The number of benzene rings is 1. The summed E-state index contributed by atoms with van der Waals surface area (Å²) in [4.78, 5) is 4.76. The first-order valence-electron chi connectivity index (χ1n) is 8.22. The summed E-state index contributed by atoms with van der Waals surface area (Å²) in [7, 11) is 2.10. The lowest BCUT2D eigenvalue weighted by molar-refractivity contribution is 0.184. The Hall–Kier alpha value is -0.400. The third kappa shape index (κ3) is 4.17. The topological polar surface area (TPSA) is 42.6 Å². The van der Waals surface area contributed by atoms with Crippen molar-refractivity contribution in [2.75, 3.05) is 52.9 Å². The van der Waals surface area contributed by atoms with Crippen LogP contribution in [0.2, 0.25) is 10.0 Å². The summed E-state index contributed by atoms with van der Waals surface area (Å²) < 4.78 is 0. The lowest BCUT2D eigenvalue weighted by Crippen LogP contribution is -2.51. The van der Waals surface area contributed by atoms with E-state index in [1.54, 1.807) is 0 Å². The molecule has 1 aromatic rings. The van der Waals surface area contributed by atoms with Crippen LogP contribution < -0.4 is 16.0 Å². The van der Waals surface area contributed by atoms with Crippen LogP contribution in [-0.4, -0.2) is 69.0 Å². The molecule has 0 radical (unpaired) electrons. The summed E-state index contributed by atoms with van der Waals surface area (Å²) >= 11 is 12.7. The van der Waals surface area contributed by atoms with E-state index >= 15 is 0 Å². The van der Waals surface area contributed by atoms with E-state index in [1.165, 1.54) is 0 Å². The summed E-state index contributed by atoms with van der Waals surface area (Å²) in [5.41, 5.74) is 1.01. The summed E-state index contributed by atoms with van der Waals surface area (Å²) in [6, 6.07) is 5.89. The summed E-state index contributed by atoms with van der Waals surface area (Å²) in [6.07, 6.45) is 0.148. The van der Waals surface area contributed by atoms with Crippen LogP contribution in [0.1, 0.15) is 11.6 Å². The van der Waals surface area contributed by atoms with Gasteiger partial charge in [-0.25, -0.2) is 0 Å². The quantitative estimate of drug-likeness (QED) is 0.742. The van der Waals surface area contributed by atoms with Gasteiger partial charge in [0.1, 0.15) is 6.29 Å². The van der Waals surface area contributed by atoms with Gasteiger partial charge >= 0.3 is 0 Å². The Morgan fingerprint density at radius 3 is 2.61 bits per heavy atom. The molecule has 2 atom stereocenters. The molecule has 2 aliphatic rings. The minimum atomic E-state index is 0.148. The van der Waals surface area contributed by atoms with E-state index in [0.717, 1.165) is 61.4 Å². The first-order chi connectivity index (χ1) is 11.2. The molecule has 5 nitrogen and oxygen atoms in total. The smallest absolute Gasteiger partial charge is 0.114 e. The van der Waals surface area contributed by atoms with Crippen molar-refractivity contribution in [2.45, 2.75) is 12.3 Å². The molecule has 0 bridgehead atoms. The molecule has 0 amide bonds. The predicted octanol–water partition coefficient (Wildman–Crippen LogP) is 1.35. The third-order valence-electron chi connectivity index (χ3n) is 4.71.